The van der Waals surface area contributed by atoms with Crippen molar-refractivity contribution >= 4 is 34.7 Å². The molecule has 0 unspecified atom stereocenters. The Kier molecular flexibility index (Phi) is 9.15. The Labute approximate surface area is 251 Å². The number of aromatic nitrogens is 3. The van der Waals surface area contributed by atoms with Crippen molar-refractivity contribution in [2.45, 2.75) is 33.1 Å². The molecule has 0 spiro atoms. The lowest BCUT2D eigenvalue weighted by Crippen LogP contribution is -2.27. The van der Waals surface area contributed by atoms with Crippen LogP contribution >= 0.6 is 11.8 Å². The molecule has 1 aliphatic heterocycles. The number of aliphatic imine (C=N–C) groups is 1. The monoisotopic (exact) mass is 606 g/mol. The number of nitrogens with one attached hydrogen (secondary N) is 1. The number of anilines is 1. The van der Waals surface area contributed by atoms with E-state index in [9.17, 15) is 18.0 Å². The van der Waals surface area contributed by atoms with E-state index >= 15 is 0 Å². The quantitative estimate of drug-likeness (QED) is 0.225. The Hall–Kier alpha value is -4.58. The van der Waals surface area contributed by atoms with E-state index in [0.29, 0.717) is 16.7 Å². The van der Waals surface area contributed by atoms with Crippen LogP contribution in [0.1, 0.15) is 30.0 Å². The molecule has 1 N–H and O–H groups in total. The Morgan fingerprint density at radius 1 is 1.12 bits per heavy atom. The molecule has 0 aliphatic carbocycles. The van der Waals surface area contributed by atoms with Crippen molar-refractivity contribution in [1.29, 1.82) is 0 Å². The maximum absolute atomic E-state index is 12.6. The van der Waals surface area contributed by atoms with Gasteiger partial charge in [0.1, 0.15) is 12.1 Å². The number of amidine groups is 1. The summed E-state index contributed by atoms with van der Waals surface area (Å²) in [4.78, 5) is 23.4. The van der Waals surface area contributed by atoms with E-state index in [-0.39, 0.29) is 5.75 Å². The van der Waals surface area contributed by atoms with Gasteiger partial charge in [-0.1, -0.05) is 61.5 Å². The van der Waals surface area contributed by atoms with Crippen LogP contribution in [0, 0.1) is 6.92 Å². The van der Waals surface area contributed by atoms with E-state index in [4.69, 9.17) is 0 Å². The number of alkyl halides is 3. The van der Waals surface area contributed by atoms with E-state index in [1.807, 2.05) is 24.3 Å². The van der Waals surface area contributed by atoms with Crippen LogP contribution in [0.25, 0.3) is 23.2 Å². The van der Waals surface area contributed by atoms with Crippen LogP contribution in [0.5, 0.6) is 5.75 Å². The van der Waals surface area contributed by atoms with Crippen LogP contribution in [0.2, 0.25) is 0 Å². The van der Waals surface area contributed by atoms with Crippen molar-refractivity contribution in [2.75, 3.05) is 17.2 Å². The summed E-state index contributed by atoms with van der Waals surface area (Å²) >= 11 is 1.57. The lowest BCUT2D eigenvalue weighted by molar-refractivity contribution is -0.274. The lowest BCUT2D eigenvalue weighted by Gasteiger charge is -2.22. The number of nitrogens with zero attached hydrogens (tertiary/aromatic N) is 5. The van der Waals surface area contributed by atoms with Crippen LogP contribution in [-0.2, 0) is 6.42 Å². The molecule has 12 heteroatoms. The molecule has 4 aromatic rings. The standard InChI is InChI=1S/C31H29F3N6O2S/c1-3-4-23-8-5-21(2)19-27(23)39-17-18-43-30(39)37-29(41)35-16-15-22-6-9-24(10-7-22)28-36-20-40(38-28)25-11-13-26(14-12-25)42-31(32,33)34/h5-16,19-20H,3-4,17-18H2,1-2H3,(H,35,41)/b16-15+,37-30?. The first-order chi connectivity index (χ1) is 20.7. The summed E-state index contributed by atoms with van der Waals surface area (Å²) in [7, 11) is 0. The van der Waals surface area contributed by atoms with E-state index in [2.05, 4.69) is 62.1 Å². The summed E-state index contributed by atoms with van der Waals surface area (Å²) < 4.78 is 42.5. The number of amides is 2. The molecule has 3 aromatic carbocycles. The fraction of sp³-hybridized carbons (Fsp3) is 0.226. The highest BCUT2D eigenvalue weighted by Gasteiger charge is 2.31. The molecule has 2 heterocycles. The summed E-state index contributed by atoms with van der Waals surface area (Å²) in [6.45, 7) is 5.02. The number of urea groups is 1. The molecule has 0 bridgehead atoms. The van der Waals surface area contributed by atoms with Crippen LogP contribution in [0.3, 0.4) is 0 Å². The van der Waals surface area contributed by atoms with Crippen LogP contribution < -0.4 is 15.0 Å². The molecule has 1 fully saturated rings. The molecule has 43 heavy (non-hydrogen) atoms. The fourth-order valence-corrected chi connectivity index (χ4v) is 5.47. The van der Waals surface area contributed by atoms with E-state index < -0.39 is 12.4 Å². The van der Waals surface area contributed by atoms with Gasteiger partial charge in [0, 0.05) is 29.7 Å². The highest BCUT2D eigenvalue weighted by atomic mass is 32.2. The third-order valence-electron chi connectivity index (χ3n) is 6.50. The first-order valence-corrected chi connectivity index (χ1v) is 14.6. The average Bonchev–Trinajstić information content (AvgIpc) is 3.64. The first kappa shape index (κ1) is 29.9. The minimum absolute atomic E-state index is 0.313. The predicted octanol–water partition coefficient (Wildman–Crippen LogP) is 7.38. The second kappa shape index (κ2) is 13.2. The smallest absolute Gasteiger partial charge is 0.406 e. The first-order valence-electron chi connectivity index (χ1n) is 13.6. The Morgan fingerprint density at radius 2 is 1.88 bits per heavy atom. The summed E-state index contributed by atoms with van der Waals surface area (Å²) in [5, 5.41) is 7.82. The van der Waals surface area contributed by atoms with Crippen molar-refractivity contribution in [3.05, 3.63) is 95.9 Å². The van der Waals surface area contributed by atoms with Crippen LogP contribution in [0.15, 0.2) is 84.2 Å². The van der Waals surface area contributed by atoms with Gasteiger partial charge in [-0.2, -0.15) is 4.99 Å². The van der Waals surface area contributed by atoms with Gasteiger partial charge in [0.15, 0.2) is 11.0 Å². The topological polar surface area (TPSA) is 84.6 Å². The fourth-order valence-electron chi connectivity index (χ4n) is 4.52. The van der Waals surface area contributed by atoms with Gasteiger partial charge in [-0.25, -0.2) is 14.5 Å². The van der Waals surface area contributed by atoms with Crippen LogP contribution in [0.4, 0.5) is 23.7 Å². The zero-order chi connectivity index (χ0) is 30.4. The highest BCUT2D eigenvalue weighted by molar-refractivity contribution is 8.14. The van der Waals surface area contributed by atoms with E-state index in [0.717, 1.165) is 42.0 Å². The highest BCUT2D eigenvalue weighted by Crippen LogP contribution is 2.30. The van der Waals surface area contributed by atoms with E-state index in [1.54, 1.807) is 24.0 Å². The van der Waals surface area contributed by atoms with Crippen molar-refractivity contribution in [3.8, 4) is 22.8 Å². The largest absolute Gasteiger partial charge is 0.573 e. The third kappa shape index (κ3) is 7.83. The van der Waals surface area contributed by atoms with Crippen molar-refractivity contribution in [1.82, 2.24) is 20.1 Å². The molecule has 1 aliphatic rings. The second-order valence-electron chi connectivity index (χ2n) is 9.74. The molecule has 0 radical (unpaired) electrons. The zero-order valence-corrected chi connectivity index (χ0v) is 24.3. The molecular formula is C31H29F3N6O2S. The number of carbonyl (C=O) groups excluding carboxylic acids is 1. The minimum atomic E-state index is -4.75. The van der Waals surface area contributed by atoms with Gasteiger partial charge in [-0.15, -0.1) is 18.3 Å². The summed E-state index contributed by atoms with van der Waals surface area (Å²) in [6.07, 6.45) is 2.05. The Balaban J connectivity index is 1.19. The Morgan fingerprint density at radius 3 is 2.60 bits per heavy atom. The molecule has 1 saturated heterocycles. The number of ether oxygens (including phenoxy) is 1. The zero-order valence-electron chi connectivity index (χ0n) is 23.5. The number of thioether (sulfide) groups is 1. The van der Waals surface area contributed by atoms with Gasteiger partial charge >= 0.3 is 12.4 Å². The summed E-state index contributed by atoms with van der Waals surface area (Å²) in [6, 6.07) is 18.7. The number of benzene rings is 3. The maximum atomic E-state index is 12.6. The molecular weight excluding hydrogens is 577 g/mol. The number of hydrogen-bond donors (Lipinski definition) is 1. The molecule has 0 saturated carbocycles. The van der Waals surface area contributed by atoms with Gasteiger partial charge in [0.05, 0.1) is 5.69 Å². The van der Waals surface area contributed by atoms with Gasteiger partial charge in [0.25, 0.3) is 0 Å². The van der Waals surface area contributed by atoms with Gasteiger partial charge < -0.3 is 15.0 Å². The maximum Gasteiger partial charge on any atom is 0.573 e. The molecule has 222 valence electrons. The average molecular weight is 607 g/mol. The lowest BCUT2D eigenvalue weighted by atomic mass is 10.0. The van der Waals surface area contributed by atoms with Crippen molar-refractivity contribution in [2.24, 2.45) is 4.99 Å². The normalized spacial score (nSPS) is 14.5. The van der Waals surface area contributed by atoms with Gasteiger partial charge in [-0.05, 0) is 66.4 Å². The SMILES string of the molecule is CCCc1ccc(C)cc1N1CCSC1=NC(=O)N/C=C/c1ccc(-c2ncn(-c3ccc(OC(F)(F)F)cc3)n2)cc1. The second-order valence-corrected chi connectivity index (χ2v) is 10.8. The van der Waals surface area contributed by atoms with Crippen molar-refractivity contribution in [3.63, 3.8) is 0 Å². The predicted molar refractivity (Wildman–Crippen MR) is 163 cm³/mol. The molecule has 1 aromatic heterocycles. The molecule has 2 amide bonds. The van der Waals surface area contributed by atoms with Crippen LogP contribution in [-0.4, -0.2) is 44.6 Å². The van der Waals surface area contributed by atoms with Gasteiger partial charge in [-0.3, -0.25) is 0 Å². The Bertz CT molecular complexity index is 1630. The van der Waals surface area contributed by atoms with Crippen molar-refractivity contribution < 1.29 is 22.7 Å². The summed E-state index contributed by atoms with van der Waals surface area (Å²) in [5.74, 6) is 1.00. The number of hydrogen-bond acceptors (Lipinski definition) is 5. The third-order valence-corrected chi connectivity index (χ3v) is 7.46. The molecule has 5 rings (SSSR count). The summed E-state index contributed by atoms with van der Waals surface area (Å²) in [5.41, 5.74) is 5.66. The molecule has 0 atom stereocenters. The number of aryl methyl sites for hydroxylation is 2. The van der Waals surface area contributed by atoms with E-state index in [1.165, 1.54) is 46.4 Å². The number of rotatable bonds is 8. The number of halogens is 3. The van der Waals surface area contributed by atoms with Gasteiger partial charge in [0.2, 0.25) is 0 Å². The number of carbonyl (C=O) groups is 1. The minimum Gasteiger partial charge on any atom is -0.406 e. The molecule has 8 nitrogen and oxygen atoms in total.